The number of nitrogens with one attached hydrogen (secondary N) is 1. The van der Waals surface area contributed by atoms with E-state index in [1.54, 1.807) is 6.92 Å². The Morgan fingerprint density at radius 1 is 1.54 bits per heavy atom. The highest BCUT2D eigenvalue weighted by molar-refractivity contribution is 9.10. The molecule has 0 spiro atoms. The molecule has 1 aromatic carbocycles. The van der Waals surface area contributed by atoms with Crippen LogP contribution in [0.1, 0.15) is 12.5 Å². The van der Waals surface area contributed by atoms with Gasteiger partial charge in [0.15, 0.2) is 0 Å². The summed E-state index contributed by atoms with van der Waals surface area (Å²) < 4.78 is 1.07. The van der Waals surface area contributed by atoms with Crippen LogP contribution in [0.25, 0.3) is 0 Å². The Balaban J connectivity index is 2.71. The normalized spacial score (nSPS) is 12.6. The predicted molar refractivity (Wildman–Crippen MR) is 59.0 cm³/mol. The molecule has 0 radical (unpaired) electrons. The molecule has 0 heterocycles. The van der Waals surface area contributed by atoms with Gasteiger partial charge in [-0.25, -0.2) is 0 Å². The van der Waals surface area contributed by atoms with Gasteiger partial charge in [-0.3, -0.25) is 0 Å². The lowest BCUT2D eigenvalue weighted by atomic mass is 10.2. The molecule has 0 aliphatic heterocycles. The van der Waals surface area contributed by atoms with Crippen molar-refractivity contribution in [2.75, 3.05) is 11.9 Å². The summed E-state index contributed by atoms with van der Waals surface area (Å²) in [6.45, 7) is 4.37. The summed E-state index contributed by atoms with van der Waals surface area (Å²) in [5, 5.41) is 12.3. The molecule has 0 aliphatic carbocycles. The molecule has 0 aliphatic rings. The maximum absolute atomic E-state index is 9.10. The van der Waals surface area contributed by atoms with E-state index in [0.717, 1.165) is 10.2 Å². The second-order valence-corrected chi connectivity index (χ2v) is 3.96. The van der Waals surface area contributed by atoms with Gasteiger partial charge in [0.05, 0.1) is 6.10 Å². The third-order valence-corrected chi connectivity index (χ3v) is 2.83. The number of hydrogen-bond donors (Lipinski definition) is 2. The molecule has 0 aromatic heterocycles. The molecular weight excluding hydrogens is 230 g/mol. The quantitative estimate of drug-likeness (QED) is 0.856. The minimum absolute atomic E-state index is 0.326. The van der Waals surface area contributed by atoms with Gasteiger partial charge in [0.25, 0.3) is 0 Å². The van der Waals surface area contributed by atoms with Gasteiger partial charge in [-0.15, -0.1) is 0 Å². The summed E-state index contributed by atoms with van der Waals surface area (Å²) >= 11 is 3.49. The number of aliphatic hydroxyl groups excluding tert-OH is 1. The summed E-state index contributed by atoms with van der Waals surface area (Å²) in [4.78, 5) is 0. The molecule has 72 valence electrons. The first-order chi connectivity index (χ1) is 6.11. The van der Waals surface area contributed by atoms with Crippen molar-refractivity contribution in [2.45, 2.75) is 20.0 Å². The standard InChI is InChI=1S/C10H14BrNO/c1-7-4-3-5-9(10(7)11)12-6-8(2)13/h3-5,8,12-13H,6H2,1-2H3/t8-/m0/s1. The van der Waals surface area contributed by atoms with Gasteiger partial charge in [0.2, 0.25) is 0 Å². The molecule has 1 aromatic rings. The van der Waals surface area contributed by atoms with E-state index in [1.807, 2.05) is 25.1 Å². The third-order valence-electron chi connectivity index (χ3n) is 1.78. The zero-order valence-electron chi connectivity index (χ0n) is 7.84. The molecule has 13 heavy (non-hydrogen) atoms. The van der Waals surface area contributed by atoms with Crippen molar-refractivity contribution < 1.29 is 5.11 Å². The van der Waals surface area contributed by atoms with E-state index >= 15 is 0 Å². The van der Waals surface area contributed by atoms with Crippen molar-refractivity contribution in [2.24, 2.45) is 0 Å². The van der Waals surface area contributed by atoms with Gasteiger partial charge in [-0.05, 0) is 41.4 Å². The first kappa shape index (κ1) is 10.5. The van der Waals surface area contributed by atoms with Crippen LogP contribution in [0.5, 0.6) is 0 Å². The van der Waals surface area contributed by atoms with E-state index in [1.165, 1.54) is 5.56 Å². The summed E-state index contributed by atoms with van der Waals surface area (Å²) in [5.41, 5.74) is 2.22. The lowest BCUT2D eigenvalue weighted by Crippen LogP contribution is -2.15. The van der Waals surface area contributed by atoms with Crippen LogP contribution in [-0.2, 0) is 0 Å². The fourth-order valence-corrected chi connectivity index (χ4v) is 1.45. The maximum atomic E-state index is 9.10. The molecule has 0 unspecified atom stereocenters. The van der Waals surface area contributed by atoms with Crippen LogP contribution in [0.15, 0.2) is 22.7 Å². The Kier molecular flexibility index (Phi) is 3.75. The molecular formula is C10H14BrNO. The van der Waals surface area contributed by atoms with Gasteiger partial charge >= 0.3 is 0 Å². The van der Waals surface area contributed by atoms with Crippen LogP contribution in [0.2, 0.25) is 0 Å². The highest BCUT2D eigenvalue weighted by atomic mass is 79.9. The van der Waals surface area contributed by atoms with Crippen LogP contribution in [0, 0.1) is 6.92 Å². The van der Waals surface area contributed by atoms with E-state index in [-0.39, 0.29) is 6.10 Å². The van der Waals surface area contributed by atoms with Crippen LogP contribution < -0.4 is 5.32 Å². The van der Waals surface area contributed by atoms with E-state index in [9.17, 15) is 0 Å². The number of rotatable bonds is 3. The minimum Gasteiger partial charge on any atom is -0.392 e. The van der Waals surface area contributed by atoms with Crippen LogP contribution in [0.3, 0.4) is 0 Å². The summed E-state index contributed by atoms with van der Waals surface area (Å²) in [6.07, 6.45) is -0.326. The lowest BCUT2D eigenvalue weighted by Gasteiger charge is -2.11. The van der Waals surface area contributed by atoms with Crippen molar-refractivity contribution in [3.05, 3.63) is 28.2 Å². The topological polar surface area (TPSA) is 32.3 Å². The average Bonchev–Trinajstić information content (AvgIpc) is 2.07. The Labute approximate surface area is 87.1 Å². The molecule has 0 fully saturated rings. The number of aliphatic hydroxyl groups is 1. The highest BCUT2D eigenvalue weighted by Gasteiger charge is 2.02. The van der Waals surface area contributed by atoms with Crippen molar-refractivity contribution in [1.29, 1.82) is 0 Å². The van der Waals surface area contributed by atoms with E-state index in [2.05, 4.69) is 21.2 Å². The van der Waals surface area contributed by atoms with Crippen LogP contribution in [0.4, 0.5) is 5.69 Å². The number of hydrogen-bond acceptors (Lipinski definition) is 2. The summed E-state index contributed by atoms with van der Waals surface area (Å²) in [6, 6.07) is 6.02. The van der Waals surface area contributed by atoms with E-state index < -0.39 is 0 Å². The minimum atomic E-state index is -0.326. The molecule has 2 N–H and O–H groups in total. The Morgan fingerprint density at radius 3 is 2.85 bits per heavy atom. The maximum Gasteiger partial charge on any atom is 0.0684 e. The van der Waals surface area contributed by atoms with Gasteiger partial charge in [0, 0.05) is 16.7 Å². The molecule has 3 heteroatoms. The molecule has 0 bridgehead atoms. The second-order valence-electron chi connectivity index (χ2n) is 3.17. The van der Waals surface area contributed by atoms with Gasteiger partial charge in [0.1, 0.15) is 0 Å². The molecule has 2 nitrogen and oxygen atoms in total. The van der Waals surface area contributed by atoms with Crippen molar-refractivity contribution in [3.63, 3.8) is 0 Å². The Bertz CT molecular complexity index is 286. The third kappa shape index (κ3) is 3.01. The SMILES string of the molecule is Cc1cccc(NC[C@H](C)O)c1Br. The van der Waals surface area contributed by atoms with Gasteiger partial charge in [-0.2, -0.15) is 0 Å². The van der Waals surface area contributed by atoms with Crippen molar-refractivity contribution in [1.82, 2.24) is 0 Å². The number of anilines is 1. The number of benzene rings is 1. The van der Waals surface area contributed by atoms with Gasteiger partial charge in [-0.1, -0.05) is 12.1 Å². The van der Waals surface area contributed by atoms with E-state index in [4.69, 9.17) is 5.11 Å². The van der Waals surface area contributed by atoms with Crippen molar-refractivity contribution >= 4 is 21.6 Å². The lowest BCUT2D eigenvalue weighted by molar-refractivity contribution is 0.208. The summed E-state index contributed by atoms with van der Waals surface area (Å²) in [7, 11) is 0. The summed E-state index contributed by atoms with van der Waals surface area (Å²) in [5.74, 6) is 0. The van der Waals surface area contributed by atoms with Crippen molar-refractivity contribution in [3.8, 4) is 0 Å². The van der Waals surface area contributed by atoms with Crippen LogP contribution >= 0.6 is 15.9 Å². The zero-order valence-corrected chi connectivity index (χ0v) is 9.43. The van der Waals surface area contributed by atoms with E-state index in [0.29, 0.717) is 6.54 Å². The predicted octanol–water partition coefficient (Wildman–Crippen LogP) is 2.55. The van der Waals surface area contributed by atoms with Gasteiger partial charge < -0.3 is 10.4 Å². The first-order valence-corrected chi connectivity index (χ1v) is 5.07. The molecule has 0 saturated carbocycles. The fourth-order valence-electron chi connectivity index (χ4n) is 1.04. The second kappa shape index (κ2) is 4.63. The number of aryl methyl sites for hydroxylation is 1. The first-order valence-electron chi connectivity index (χ1n) is 4.28. The average molecular weight is 244 g/mol. The molecule has 1 atom stereocenters. The Morgan fingerprint density at radius 2 is 2.23 bits per heavy atom. The Hall–Kier alpha value is -0.540. The number of halogens is 1. The smallest absolute Gasteiger partial charge is 0.0684 e. The van der Waals surface area contributed by atoms with Crippen LogP contribution in [-0.4, -0.2) is 17.8 Å². The molecule has 0 amide bonds. The fraction of sp³-hybridized carbons (Fsp3) is 0.400. The zero-order chi connectivity index (χ0) is 9.84. The monoisotopic (exact) mass is 243 g/mol. The molecule has 0 saturated heterocycles. The largest absolute Gasteiger partial charge is 0.392 e. The molecule has 1 rings (SSSR count). The highest BCUT2D eigenvalue weighted by Crippen LogP contribution is 2.25.